The predicted molar refractivity (Wildman–Crippen MR) is 67.9 cm³/mol. The molecule has 1 aromatic rings. The van der Waals surface area contributed by atoms with Crippen molar-refractivity contribution in [2.24, 2.45) is 5.92 Å². The van der Waals surface area contributed by atoms with E-state index in [2.05, 4.69) is 28.7 Å². The third kappa shape index (κ3) is 3.07. The van der Waals surface area contributed by atoms with E-state index in [1.54, 1.807) is 0 Å². The Morgan fingerprint density at radius 1 is 1.65 bits per heavy atom. The van der Waals surface area contributed by atoms with Crippen LogP contribution in [0.25, 0.3) is 0 Å². The van der Waals surface area contributed by atoms with Crippen molar-refractivity contribution in [1.29, 1.82) is 0 Å². The molecule has 4 nitrogen and oxygen atoms in total. The number of nitrogens with zero attached hydrogens (tertiary/aromatic N) is 2. The van der Waals surface area contributed by atoms with Crippen LogP contribution in [0.2, 0.25) is 0 Å². The SMILES string of the molecule is CCCNCc1cncn1C(C)C1CCOC1. The lowest BCUT2D eigenvalue weighted by Gasteiger charge is -2.21. The van der Waals surface area contributed by atoms with E-state index < -0.39 is 0 Å². The van der Waals surface area contributed by atoms with Gasteiger partial charge < -0.3 is 14.6 Å². The molecule has 2 rings (SSSR count). The van der Waals surface area contributed by atoms with Crippen molar-refractivity contribution in [3.05, 3.63) is 18.2 Å². The predicted octanol–water partition coefficient (Wildman–Crippen LogP) is 1.98. The molecule has 0 aromatic carbocycles. The molecule has 2 atom stereocenters. The highest BCUT2D eigenvalue weighted by atomic mass is 16.5. The Hall–Kier alpha value is -0.870. The van der Waals surface area contributed by atoms with Gasteiger partial charge in [-0.05, 0) is 26.3 Å². The van der Waals surface area contributed by atoms with Crippen molar-refractivity contribution in [2.75, 3.05) is 19.8 Å². The zero-order chi connectivity index (χ0) is 12.1. The third-order valence-corrected chi connectivity index (χ3v) is 3.57. The van der Waals surface area contributed by atoms with Crippen LogP contribution in [0.15, 0.2) is 12.5 Å². The average molecular weight is 237 g/mol. The second-order valence-electron chi connectivity index (χ2n) is 4.83. The molecule has 1 aliphatic rings. The van der Waals surface area contributed by atoms with E-state index in [-0.39, 0.29) is 0 Å². The van der Waals surface area contributed by atoms with Gasteiger partial charge in [0.15, 0.2) is 0 Å². The quantitative estimate of drug-likeness (QED) is 0.769. The van der Waals surface area contributed by atoms with Gasteiger partial charge in [0.2, 0.25) is 0 Å². The van der Waals surface area contributed by atoms with Gasteiger partial charge in [0.05, 0.1) is 18.6 Å². The fraction of sp³-hybridized carbons (Fsp3) is 0.769. The Labute approximate surface area is 103 Å². The smallest absolute Gasteiger partial charge is 0.0951 e. The van der Waals surface area contributed by atoms with Gasteiger partial charge in [-0.2, -0.15) is 0 Å². The van der Waals surface area contributed by atoms with Crippen LogP contribution in [0.4, 0.5) is 0 Å². The summed E-state index contributed by atoms with van der Waals surface area (Å²) in [6, 6.07) is 0.485. The summed E-state index contributed by atoms with van der Waals surface area (Å²) >= 11 is 0. The molecule has 1 saturated heterocycles. The molecule has 2 unspecified atom stereocenters. The van der Waals surface area contributed by atoms with E-state index in [0.717, 1.165) is 26.3 Å². The first-order valence-electron chi connectivity index (χ1n) is 6.62. The van der Waals surface area contributed by atoms with Crippen molar-refractivity contribution < 1.29 is 4.74 Å². The van der Waals surface area contributed by atoms with Crippen LogP contribution in [-0.2, 0) is 11.3 Å². The van der Waals surface area contributed by atoms with Gasteiger partial charge in [-0.1, -0.05) is 6.92 Å². The molecule has 4 heteroatoms. The van der Waals surface area contributed by atoms with E-state index in [1.807, 2.05) is 12.5 Å². The summed E-state index contributed by atoms with van der Waals surface area (Å²) < 4.78 is 7.76. The molecule has 0 spiro atoms. The Balaban J connectivity index is 1.96. The van der Waals surface area contributed by atoms with Gasteiger partial charge >= 0.3 is 0 Å². The summed E-state index contributed by atoms with van der Waals surface area (Å²) in [6.45, 7) is 8.22. The summed E-state index contributed by atoms with van der Waals surface area (Å²) in [5.74, 6) is 0.633. The molecule has 17 heavy (non-hydrogen) atoms. The molecule has 0 bridgehead atoms. The van der Waals surface area contributed by atoms with Crippen molar-refractivity contribution in [3.63, 3.8) is 0 Å². The Kier molecular flexibility index (Phi) is 4.57. The van der Waals surface area contributed by atoms with E-state index in [1.165, 1.54) is 18.5 Å². The Morgan fingerprint density at radius 2 is 2.53 bits per heavy atom. The molecule has 0 radical (unpaired) electrons. The van der Waals surface area contributed by atoms with Crippen molar-refractivity contribution in [1.82, 2.24) is 14.9 Å². The second-order valence-corrected chi connectivity index (χ2v) is 4.83. The first-order valence-corrected chi connectivity index (χ1v) is 6.62. The van der Waals surface area contributed by atoms with Crippen molar-refractivity contribution in [2.45, 2.75) is 39.3 Å². The fourth-order valence-corrected chi connectivity index (χ4v) is 2.39. The summed E-state index contributed by atoms with van der Waals surface area (Å²) in [4.78, 5) is 4.28. The number of hydrogen-bond donors (Lipinski definition) is 1. The molecule has 0 amide bonds. The number of imidazole rings is 1. The van der Waals surface area contributed by atoms with Gasteiger partial charge in [0.1, 0.15) is 0 Å². The molecule has 0 saturated carbocycles. The molecular weight excluding hydrogens is 214 g/mol. The topological polar surface area (TPSA) is 39.1 Å². The highest BCUT2D eigenvalue weighted by Crippen LogP contribution is 2.26. The molecule has 96 valence electrons. The molecule has 1 N–H and O–H groups in total. The van der Waals surface area contributed by atoms with Gasteiger partial charge in [-0.3, -0.25) is 0 Å². The van der Waals surface area contributed by atoms with Crippen LogP contribution in [0.1, 0.15) is 38.4 Å². The van der Waals surface area contributed by atoms with Gasteiger partial charge in [-0.25, -0.2) is 4.98 Å². The molecule has 2 heterocycles. The normalized spacial score (nSPS) is 21.9. The first-order chi connectivity index (χ1) is 8.33. The average Bonchev–Trinajstić information content (AvgIpc) is 3.00. The molecule has 1 aliphatic heterocycles. The fourth-order valence-electron chi connectivity index (χ4n) is 2.39. The minimum absolute atomic E-state index is 0.485. The van der Waals surface area contributed by atoms with Gasteiger partial charge in [0.25, 0.3) is 0 Å². The lowest BCUT2D eigenvalue weighted by atomic mass is 10.0. The van der Waals surface area contributed by atoms with E-state index in [0.29, 0.717) is 12.0 Å². The number of aromatic nitrogens is 2. The lowest BCUT2D eigenvalue weighted by Crippen LogP contribution is -2.22. The van der Waals surface area contributed by atoms with Crippen molar-refractivity contribution >= 4 is 0 Å². The van der Waals surface area contributed by atoms with E-state index >= 15 is 0 Å². The highest BCUT2D eigenvalue weighted by Gasteiger charge is 2.24. The maximum atomic E-state index is 5.47. The third-order valence-electron chi connectivity index (χ3n) is 3.57. The second kappa shape index (κ2) is 6.17. The van der Waals surface area contributed by atoms with Gasteiger partial charge in [0, 0.05) is 31.3 Å². The number of hydrogen-bond acceptors (Lipinski definition) is 3. The minimum atomic E-state index is 0.485. The monoisotopic (exact) mass is 237 g/mol. The van der Waals surface area contributed by atoms with Crippen LogP contribution in [0, 0.1) is 5.92 Å². The van der Waals surface area contributed by atoms with Crippen LogP contribution in [0.5, 0.6) is 0 Å². The Morgan fingerprint density at radius 3 is 3.24 bits per heavy atom. The number of ether oxygens (including phenoxy) is 1. The van der Waals surface area contributed by atoms with E-state index in [4.69, 9.17) is 4.74 Å². The van der Waals surface area contributed by atoms with Crippen LogP contribution < -0.4 is 5.32 Å². The van der Waals surface area contributed by atoms with Crippen LogP contribution >= 0.6 is 0 Å². The van der Waals surface area contributed by atoms with Gasteiger partial charge in [-0.15, -0.1) is 0 Å². The standard InChI is InChI=1S/C13H23N3O/c1-3-5-14-7-13-8-15-10-16(13)11(2)12-4-6-17-9-12/h8,10-12,14H,3-7,9H2,1-2H3. The Bertz CT molecular complexity index is 331. The zero-order valence-electron chi connectivity index (χ0n) is 10.9. The summed E-state index contributed by atoms with van der Waals surface area (Å²) in [7, 11) is 0. The minimum Gasteiger partial charge on any atom is -0.381 e. The maximum Gasteiger partial charge on any atom is 0.0951 e. The lowest BCUT2D eigenvalue weighted by molar-refractivity contribution is 0.174. The number of nitrogens with one attached hydrogen (secondary N) is 1. The molecular formula is C13H23N3O. The zero-order valence-corrected chi connectivity index (χ0v) is 10.9. The summed E-state index contributed by atoms with van der Waals surface area (Å²) in [5, 5.41) is 3.43. The number of rotatable bonds is 6. The van der Waals surface area contributed by atoms with Crippen LogP contribution in [-0.4, -0.2) is 29.3 Å². The molecule has 1 fully saturated rings. The summed E-state index contributed by atoms with van der Waals surface area (Å²) in [5.41, 5.74) is 1.28. The maximum absolute atomic E-state index is 5.47. The molecule has 0 aliphatic carbocycles. The largest absolute Gasteiger partial charge is 0.381 e. The van der Waals surface area contributed by atoms with E-state index in [9.17, 15) is 0 Å². The van der Waals surface area contributed by atoms with Crippen LogP contribution in [0.3, 0.4) is 0 Å². The van der Waals surface area contributed by atoms with Crippen molar-refractivity contribution in [3.8, 4) is 0 Å². The first kappa shape index (κ1) is 12.6. The molecule has 1 aromatic heterocycles. The highest BCUT2D eigenvalue weighted by molar-refractivity contribution is 5.00. The summed E-state index contributed by atoms with van der Waals surface area (Å²) in [6.07, 6.45) is 6.25.